The van der Waals surface area contributed by atoms with Crippen LogP contribution in [-0.2, 0) is 0 Å². The first-order chi connectivity index (χ1) is 8.19. The summed E-state index contributed by atoms with van der Waals surface area (Å²) in [4.78, 5) is 0. The van der Waals surface area contributed by atoms with E-state index in [1.54, 1.807) is 0 Å². The van der Waals surface area contributed by atoms with E-state index in [1.807, 2.05) is 0 Å². The second kappa shape index (κ2) is 5.33. The summed E-state index contributed by atoms with van der Waals surface area (Å²) in [6.45, 7) is -1.48. The van der Waals surface area contributed by atoms with E-state index in [1.165, 1.54) is 0 Å². The van der Waals surface area contributed by atoms with Crippen LogP contribution in [0.4, 0.5) is 43.9 Å². The molecule has 0 aromatic heterocycles. The van der Waals surface area contributed by atoms with Crippen LogP contribution in [0.2, 0.25) is 0 Å². The van der Waals surface area contributed by atoms with Gasteiger partial charge in [0.2, 0.25) is 0 Å². The Morgan fingerprint density at radius 2 is 1.21 bits per heavy atom. The van der Waals surface area contributed by atoms with Crippen molar-refractivity contribution >= 4 is 0 Å². The minimum absolute atomic E-state index is 1.48. The Morgan fingerprint density at radius 1 is 0.789 bits per heavy atom. The molecule has 0 aliphatic rings. The van der Waals surface area contributed by atoms with E-state index in [-0.39, 0.29) is 0 Å². The van der Waals surface area contributed by atoms with Crippen molar-refractivity contribution in [3.8, 4) is 0 Å². The normalized spacial score (nSPS) is 16.6. The highest BCUT2D eigenvalue weighted by Crippen LogP contribution is 2.46. The lowest BCUT2D eigenvalue weighted by atomic mass is 9.99. The second-order valence-electron chi connectivity index (χ2n) is 3.67. The number of aliphatic hydroxyl groups is 1. The number of hydrogen-bond donors (Lipinski definition) is 1. The van der Waals surface area contributed by atoms with Crippen molar-refractivity contribution in [2.45, 2.75) is 43.0 Å². The summed E-state index contributed by atoms with van der Waals surface area (Å²) in [5.41, 5.74) is 0. The van der Waals surface area contributed by atoms with Crippen LogP contribution in [0.25, 0.3) is 0 Å². The molecule has 0 aliphatic carbocycles. The Labute approximate surface area is 99.7 Å². The first-order valence-corrected chi connectivity index (χ1v) is 4.64. The van der Waals surface area contributed by atoms with Gasteiger partial charge < -0.3 is 5.11 Å². The maximum absolute atomic E-state index is 12.8. The van der Waals surface area contributed by atoms with Crippen molar-refractivity contribution < 1.29 is 49.0 Å². The quantitative estimate of drug-likeness (QED) is 0.744. The maximum Gasteiger partial charge on any atom is 0.456 e. The van der Waals surface area contributed by atoms with Crippen molar-refractivity contribution in [3.63, 3.8) is 0 Å². The van der Waals surface area contributed by atoms with E-state index in [4.69, 9.17) is 5.11 Å². The number of halogens is 10. The molecule has 0 bridgehead atoms. The van der Waals surface area contributed by atoms with Gasteiger partial charge in [-0.1, -0.05) is 0 Å². The van der Waals surface area contributed by atoms with Gasteiger partial charge in [0.15, 0.2) is 6.17 Å². The number of hydrogen-bond acceptors (Lipinski definition) is 1. The van der Waals surface area contributed by atoms with Gasteiger partial charge in [0.1, 0.15) is 0 Å². The predicted octanol–water partition coefficient (Wildman–Crippen LogP) is 3.57. The van der Waals surface area contributed by atoms with Gasteiger partial charge in [-0.2, -0.15) is 39.5 Å². The lowest BCUT2D eigenvalue weighted by Gasteiger charge is -2.30. The largest absolute Gasteiger partial charge is 0.456 e. The summed E-state index contributed by atoms with van der Waals surface area (Å²) in [6, 6.07) is 0. The average molecular weight is 310 g/mol. The summed E-state index contributed by atoms with van der Waals surface area (Å²) < 4.78 is 123. The number of rotatable bonds is 6. The van der Waals surface area contributed by atoms with E-state index < -0.39 is 49.6 Å². The molecule has 0 saturated carbocycles. The van der Waals surface area contributed by atoms with Gasteiger partial charge in [0.25, 0.3) is 0 Å². The first kappa shape index (κ1) is 18.3. The van der Waals surface area contributed by atoms with Crippen LogP contribution in [-0.4, -0.2) is 41.8 Å². The zero-order valence-corrected chi connectivity index (χ0v) is 8.93. The van der Waals surface area contributed by atoms with E-state index >= 15 is 0 Å². The molecular weight excluding hydrogens is 302 g/mol. The number of aliphatic hydroxyl groups excluding tert-OH is 1. The van der Waals surface area contributed by atoms with Crippen LogP contribution in [0.1, 0.15) is 12.8 Å². The topological polar surface area (TPSA) is 20.2 Å². The molecule has 116 valence electrons. The van der Waals surface area contributed by atoms with Crippen molar-refractivity contribution in [1.82, 2.24) is 0 Å². The van der Waals surface area contributed by atoms with Crippen molar-refractivity contribution in [1.29, 1.82) is 0 Å². The molecule has 0 radical (unpaired) electrons. The fourth-order valence-corrected chi connectivity index (χ4v) is 1.00. The smallest absolute Gasteiger partial charge is 0.396 e. The molecule has 0 heterocycles. The molecule has 0 aromatic carbocycles. The molecule has 0 saturated heterocycles. The van der Waals surface area contributed by atoms with Gasteiger partial charge in [-0.25, -0.2) is 4.39 Å². The molecule has 0 fully saturated rings. The molecule has 0 aliphatic heterocycles. The standard InChI is InChI=1S/C8H8F10O/c9-4(7(14,15)8(16,17)18)3-6(12,13)5(10,11)1-2-19/h4,19H,1-3H2. The third-order valence-corrected chi connectivity index (χ3v) is 2.17. The van der Waals surface area contributed by atoms with Gasteiger partial charge in [-0.05, 0) is 0 Å². The molecule has 1 atom stereocenters. The fourth-order valence-electron chi connectivity index (χ4n) is 1.00. The van der Waals surface area contributed by atoms with Gasteiger partial charge in [0, 0.05) is 13.0 Å². The van der Waals surface area contributed by atoms with E-state index in [9.17, 15) is 43.9 Å². The fraction of sp³-hybridized carbons (Fsp3) is 1.00. The molecular formula is C8H8F10O. The molecule has 0 amide bonds. The molecule has 1 N–H and O–H groups in total. The predicted molar refractivity (Wildman–Crippen MR) is 42.1 cm³/mol. The monoisotopic (exact) mass is 310 g/mol. The van der Waals surface area contributed by atoms with Gasteiger partial charge in [-0.15, -0.1) is 0 Å². The SMILES string of the molecule is OCCC(F)(F)C(F)(F)CC(F)C(F)(F)C(F)(F)F. The molecule has 0 spiro atoms. The van der Waals surface area contributed by atoms with Crippen LogP contribution < -0.4 is 0 Å². The highest BCUT2D eigenvalue weighted by atomic mass is 19.4. The summed E-state index contributed by atoms with van der Waals surface area (Å²) in [5.74, 6) is -16.7. The van der Waals surface area contributed by atoms with Crippen LogP contribution in [0.3, 0.4) is 0 Å². The zero-order chi connectivity index (χ0) is 15.7. The lowest BCUT2D eigenvalue weighted by molar-refractivity contribution is -0.315. The Balaban J connectivity index is 5.04. The maximum atomic E-state index is 12.8. The molecule has 0 aromatic rings. The Kier molecular flexibility index (Phi) is 5.12. The van der Waals surface area contributed by atoms with E-state index in [2.05, 4.69) is 0 Å². The van der Waals surface area contributed by atoms with Gasteiger partial charge in [0.05, 0.1) is 6.42 Å². The van der Waals surface area contributed by atoms with Crippen LogP contribution in [0.15, 0.2) is 0 Å². The molecule has 11 heteroatoms. The van der Waals surface area contributed by atoms with Crippen LogP contribution in [0, 0.1) is 0 Å². The summed E-state index contributed by atoms with van der Waals surface area (Å²) in [5, 5.41) is 8.05. The number of alkyl halides is 10. The van der Waals surface area contributed by atoms with Crippen molar-refractivity contribution in [3.05, 3.63) is 0 Å². The molecule has 1 unspecified atom stereocenters. The Morgan fingerprint density at radius 3 is 1.53 bits per heavy atom. The van der Waals surface area contributed by atoms with Crippen molar-refractivity contribution in [2.24, 2.45) is 0 Å². The Hall–Kier alpha value is -0.740. The van der Waals surface area contributed by atoms with Gasteiger partial charge >= 0.3 is 23.9 Å². The minimum Gasteiger partial charge on any atom is -0.396 e. The van der Waals surface area contributed by atoms with Crippen LogP contribution >= 0.6 is 0 Å². The summed E-state index contributed by atoms with van der Waals surface area (Å²) in [6.07, 6.45) is -15.9. The first-order valence-electron chi connectivity index (χ1n) is 4.64. The van der Waals surface area contributed by atoms with E-state index in [0.717, 1.165) is 0 Å². The average Bonchev–Trinajstić information content (AvgIpc) is 2.14. The minimum atomic E-state index is -6.48. The highest BCUT2D eigenvalue weighted by molar-refractivity contribution is 4.93. The third-order valence-electron chi connectivity index (χ3n) is 2.17. The summed E-state index contributed by atoms with van der Waals surface area (Å²) >= 11 is 0. The zero-order valence-electron chi connectivity index (χ0n) is 8.93. The van der Waals surface area contributed by atoms with Gasteiger partial charge in [-0.3, -0.25) is 0 Å². The highest BCUT2D eigenvalue weighted by Gasteiger charge is 2.67. The third kappa shape index (κ3) is 3.86. The van der Waals surface area contributed by atoms with Crippen LogP contribution in [0.5, 0.6) is 0 Å². The lowest BCUT2D eigenvalue weighted by Crippen LogP contribution is -2.51. The molecule has 1 nitrogen and oxygen atoms in total. The second-order valence-corrected chi connectivity index (χ2v) is 3.67. The Bertz CT molecular complexity index is 296. The van der Waals surface area contributed by atoms with E-state index in [0.29, 0.717) is 0 Å². The molecule has 0 rings (SSSR count). The molecule has 19 heavy (non-hydrogen) atoms. The van der Waals surface area contributed by atoms with Crippen molar-refractivity contribution in [2.75, 3.05) is 6.61 Å². The summed E-state index contributed by atoms with van der Waals surface area (Å²) in [7, 11) is 0.